The van der Waals surface area contributed by atoms with Gasteiger partial charge >= 0.3 is 0 Å². The predicted octanol–water partition coefficient (Wildman–Crippen LogP) is 3.21. The normalized spacial score (nSPS) is 13.7. The van der Waals surface area contributed by atoms with E-state index in [4.69, 9.17) is 27.9 Å². The molecular formula is C22H20N6O2S. The first-order valence-electron chi connectivity index (χ1n) is 9.80. The minimum Gasteiger partial charge on any atom is -0.484 e. The molecule has 156 valence electrons. The van der Waals surface area contributed by atoms with E-state index < -0.39 is 0 Å². The summed E-state index contributed by atoms with van der Waals surface area (Å²) in [5, 5.41) is 3.50. The van der Waals surface area contributed by atoms with Crippen LogP contribution in [0.3, 0.4) is 0 Å². The van der Waals surface area contributed by atoms with Crippen molar-refractivity contribution < 1.29 is 9.47 Å². The van der Waals surface area contributed by atoms with E-state index in [2.05, 4.69) is 26.0 Å². The highest BCUT2D eigenvalue weighted by Gasteiger charge is 2.23. The van der Waals surface area contributed by atoms with Crippen molar-refractivity contribution in [1.29, 1.82) is 0 Å². The molecule has 0 spiro atoms. The molecule has 5 rings (SSSR count). The van der Waals surface area contributed by atoms with Crippen LogP contribution < -0.4 is 20.3 Å². The van der Waals surface area contributed by atoms with Crippen LogP contribution >= 0.6 is 12.6 Å². The van der Waals surface area contributed by atoms with Gasteiger partial charge in [0.1, 0.15) is 25.4 Å². The molecule has 0 saturated carbocycles. The number of nitrogens with two attached hydrogens (primary N) is 1. The molecule has 1 aliphatic heterocycles. The van der Waals surface area contributed by atoms with Crippen LogP contribution in [0.4, 0.5) is 5.82 Å². The van der Waals surface area contributed by atoms with Gasteiger partial charge in [-0.1, -0.05) is 12.1 Å². The molecule has 0 aliphatic carbocycles. The number of nitrogens with zero attached hydrogens (tertiary/aromatic N) is 5. The maximum atomic E-state index is 6.35. The fourth-order valence-corrected chi connectivity index (χ4v) is 3.90. The topological polar surface area (TPSA) is 99.3 Å². The summed E-state index contributed by atoms with van der Waals surface area (Å²) in [6.45, 7) is 1.37. The number of rotatable bonds is 5. The lowest BCUT2D eigenvalue weighted by Gasteiger charge is -2.25. The van der Waals surface area contributed by atoms with Gasteiger partial charge in [0.15, 0.2) is 5.75 Å². The minimum atomic E-state index is -0.227. The molecule has 4 heterocycles. The van der Waals surface area contributed by atoms with Gasteiger partial charge in [-0.15, -0.1) is 0 Å². The lowest BCUT2D eigenvalue weighted by Crippen LogP contribution is -2.35. The van der Waals surface area contributed by atoms with Crippen LogP contribution in [0.5, 0.6) is 11.6 Å². The number of anilines is 1. The van der Waals surface area contributed by atoms with Gasteiger partial charge in [0.25, 0.3) is 5.88 Å². The van der Waals surface area contributed by atoms with Gasteiger partial charge in [-0.2, -0.15) is 12.6 Å². The first-order valence-corrected chi connectivity index (χ1v) is 10.3. The van der Waals surface area contributed by atoms with E-state index in [0.29, 0.717) is 37.2 Å². The monoisotopic (exact) mass is 432 g/mol. The molecule has 0 saturated heterocycles. The van der Waals surface area contributed by atoms with Crippen LogP contribution in [-0.2, 0) is 0 Å². The number of pyridine rings is 2. The Kier molecular flexibility index (Phi) is 5.27. The van der Waals surface area contributed by atoms with Crippen LogP contribution in [0.1, 0.15) is 10.8 Å². The summed E-state index contributed by atoms with van der Waals surface area (Å²) >= 11 is 4.74. The first kappa shape index (κ1) is 19.5. The number of aromatic nitrogens is 4. The quantitative estimate of drug-likeness (QED) is 0.282. The zero-order chi connectivity index (χ0) is 21.2. The highest BCUT2D eigenvalue weighted by atomic mass is 32.1. The molecule has 0 radical (unpaired) electrons. The maximum Gasteiger partial charge on any atom is 0.257 e. The van der Waals surface area contributed by atoms with Crippen molar-refractivity contribution in [1.82, 2.24) is 19.9 Å². The first-order chi connectivity index (χ1) is 15.2. The number of fused-ring (bicyclic) bond motifs is 2. The standard InChI is InChI=1S/C22H20N6O2S/c23-28(12-19(31)17-4-6-25-22-21(17)29-7-8-30-22)20-10-18(26-13-27-20)15-1-2-16-11-24-5-3-14(16)9-15/h1-6,9-11,13,19,31H,7-8,12,23H2/t19-/m1/s1. The molecule has 31 heavy (non-hydrogen) atoms. The molecule has 9 heteroatoms. The third-order valence-corrected chi connectivity index (χ3v) is 5.52. The number of hydrogen-bond acceptors (Lipinski definition) is 9. The van der Waals surface area contributed by atoms with E-state index in [1.807, 2.05) is 36.5 Å². The van der Waals surface area contributed by atoms with E-state index in [-0.39, 0.29) is 5.25 Å². The second kappa shape index (κ2) is 8.37. The third-order valence-electron chi connectivity index (χ3n) is 5.08. The summed E-state index contributed by atoms with van der Waals surface area (Å²) < 4.78 is 11.3. The van der Waals surface area contributed by atoms with Crippen molar-refractivity contribution in [3.05, 3.63) is 66.9 Å². The van der Waals surface area contributed by atoms with Crippen LogP contribution in [-0.4, -0.2) is 39.7 Å². The van der Waals surface area contributed by atoms with Crippen LogP contribution in [0.2, 0.25) is 0 Å². The van der Waals surface area contributed by atoms with Gasteiger partial charge < -0.3 is 9.47 Å². The van der Waals surface area contributed by atoms with Crippen molar-refractivity contribution in [3.63, 3.8) is 0 Å². The van der Waals surface area contributed by atoms with Gasteiger partial charge in [0.2, 0.25) is 0 Å². The van der Waals surface area contributed by atoms with Gasteiger partial charge in [-0.05, 0) is 23.6 Å². The van der Waals surface area contributed by atoms with Crippen molar-refractivity contribution in [2.24, 2.45) is 5.84 Å². The number of hydrazine groups is 1. The van der Waals surface area contributed by atoms with E-state index in [1.54, 1.807) is 17.4 Å². The zero-order valence-corrected chi connectivity index (χ0v) is 17.4. The summed E-state index contributed by atoms with van der Waals surface area (Å²) in [5.41, 5.74) is 2.64. The Balaban J connectivity index is 1.38. The molecule has 8 nitrogen and oxygen atoms in total. The van der Waals surface area contributed by atoms with E-state index >= 15 is 0 Å². The largest absolute Gasteiger partial charge is 0.484 e. The van der Waals surface area contributed by atoms with Crippen molar-refractivity contribution >= 4 is 29.2 Å². The van der Waals surface area contributed by atoms with E-state index in [1.165, 1.54) is 6.33 Å². The summed E-state index contributed by atoms with van der Waals surface area (Å²) in [6, 6.07) is 11.8. The second-order valence-electron chi connectivity index (χ2n) is 7.10. The number of thiol groups is 1. The van der Waals surface area contributed by atoms with Gasteiger partial charge in [-0.25, -0.2) is 20.8 Å². The van der Waals surface area contributed by atoms with E-state index in [0.717, 1.165) is 27.6 Å². The average Bonchev–Trinajstić information content (AvgIpc) is 2.83. The summed E-state index contributed by atoms with van der Waals surface area (Å²) in [7, 11) is 0. The summed E-state index contributed by atoms with van der Waals surface area (Å²) in [5.74, 6) is 8.05. The minimum absolute atomic E-state index is 0.227. The second-order valence-corrected chi connectivity index (χ2v) is 7.72. The lowest BCUT2D eigenvalue weighted by molar-refractivity contribution is 0.162. The molecule has 2 N–H and O–H groups in total. The van der Waals surface area contributed by atoms with Gasteiger partial charge in [-0.3, -0.25) is 9.99 Å². The molecule has 4 aromatic rings. The third kappa shape index (κ3) is 3.97. The highest BCUT2D eigenvalue weighted by molar-refractivity contribution is 7.80. The molecular weight excluding hydrogens is 412 g/mol. The summed E-state index contributed by atoms with van der Waals surface area (Å²) in [4.78, 5) is 17.1. The van der Waals surface area contributed by atoms with E-state index in [9.17, 15) is 0 Å². The Bertz CT molecular complexity index is 1240. The van der Waals surface area contributed by atoms with Crippen molar-refractivity contribution in [2.75, 3.05) is 24.8 Å². The van der Waals surface area contributed by atoms with Crippen molar-refractivity contribution in [3.8, 4) is 22.9 Å². The molecule has 0 amide bonds. The van der Waals surface area contributed by atoms with Crippen LogP contribution in [0.15, 0.2) is 61.3 Å². The SMILES string of the molecule is NN(C[C@@H](S)c1ccnc2c1OCCO2)c1cc(-c2ccc3cnccc3c2)ncn1. The molecule has 0 unspecified atom stereocenters. The smallest absolute Gasteiger partial charge is 0.257 e. The molecule has 0 bridgehead atoms. The maximum absolute atomic E-state index is 6.35. The number of hydrogen-bond donors (Lipinski definition) is 2. The predicted molar refractivity (Wildman–Crippen MR) is 121 cm³/mol. The Morgan fingerprint density at radius 3 is 2.84 bits per heavy atom. The molecule has 0 fully saturated rings. The zero-order valence-electron chi connectivity index (χ0n) is 16.5. The number of benzene rings is 1. The Morgan fingerprint density at radius 2 is 1.90 bits per heavy atom. The lowest BCUT2D eigenvalue weighted by atomic mass is 10.1. The molecule has 1 atom stereocenters. The van der Waals surface area contributed by atoms with Crippen LogP contribution in [0, 0.1) is 0 Å². The van der Waals surface area contributed by atoms with Crippen LogP contribution in [0.25, 0.3) is 22.0 Å². The Labute approximate surface area is 184 Å². The Morgan fingerprint density at radius 1 is 1.00 bits per heavy atom. The molecule has 3 aromatic heterocycles. The molecule has 1 aliphatic rings. The number of ether oxygens (including phenoxy) is 2. The summed E-state index contributed by atoms with van der Waals surface area (Å²) in [6.07, 6.45) is 6.81. The fraction of sp³-hybridized carbons (Fsp3) is 0.182. The van der Waals surface area contributed by atoms with Crippen molar-refractivity contribution in [2.45, 2.75) is 5.25 Å². The fourth-order valence-electron chi connectivity index (χ4n) is 3.52. The Hall–Kier alpha value is -3.43. The van der Waals surface area contributed by atoms with Gasteiger partial charge in [0, 0.05) is 46.4 Å². The molecule has 1 aromatic carbocycles. The average molecular weight is 433 g/mol. The highest BCUT2D eigenvalue weighted by Crippen LogP contribution is 2.37. The van der Waals surface area contributed by atoms with Gasteiger partial charge in [0.05, 0.1) is 12.2 Å².